The maximum absolute atomic E-state index is 11.4. The minimum atomic E-state index is -1.04. The summed E-state index contributed by atoms with van der Waals surface area (Å²) in [6.07, 6.45) is 2.30. The van der Waals surface area contributed by atoms with Gasteiger partial charge in [0.25, 0.3) is 0 Å². The Hall–Kier alpha value is -2.34. The number of unbranched alkanes of at least 4 members (excludes halogenated alkanes) is 1. The normalized spacial score (nSPS) is 9.90. The van der Waals surface area contributed by atoms with Gasteiger partial charge in [-0.3, -0.25) is 0 Å². The van der Waals surface area contributed by atoms with Crippen LogP contribution in [-0.4, -0.2) is 37.1 Å². The molecule has 6 nitrogen and oxygen atoms in total. The van der Waals surface area contributed by atoms with Gasteiger partial charge in [0, 0.05) is 6.61 Å². The van der Waals surface area contributed by atoms with Crippen molar-refractivity contribution in [1.29, 1.82) is 0 Å². The van der Waals surface area contributed by atoms with E-state index in [1.165, 1.54) is 24.3 Å². The fourth-order valence-electron chi connectivity index (χ4n) is 1.42. The highest BCUT2D eigenvalue weighted by molar-refractivity contribution is 5.87. The van der Waals surface area contributed by atoms with E-state index in [0.29, 0.717) is 19.6 Å². The summed E-state index contributed by atoms with van der Waals surface area (Å²) >= 11 is 0. The first-order valence-corrected chi connectivity index (χ1v) is 6.50. The predicted molar refractivity (Wildman–Crippen MR) is 75.6 cm³/mol. The molecule has 6 heteroatoms. The second kappa shape index (κ2) is 9.55. The average molecular weight is 294 g/mol. The lowest BCUT2D eigenvalue weighted by Gasteiger charge is -2.06. The Morgan fingerprint density at radius 2 is 1.81 bits per heavy atom. The molecule has 0 aromatic heterocycles. The highest BCUT2D eigenvalue weighted by Crippen LogP contribution is 2.13. The molecule has 0 heterocycles. The molecule has 0 radical (unpaired) electrons. The molecule has 1 aromatic rings. The van der Waals surface area contributed by atoms with E-state index in [1.54, 1.807) is 6.08 Å². The predicted octanol–water partition coefficient (Wildman–Crippen LogP) is 2.88. The van der Waals surface area contributed by atoms with E-state index in [4.69, 9.17) is 19.3 Å². The number of carboxylic acids is 1. The Labute approximate surface area is 122 Å². The number of benzene rings is 1. The lowest BCUT2D eigenvalue weighted by Crippen LogP contribution is -2.12. The monoisotopic (exact) mass is 294 g/mol. The molecular weight excluding hydrogens is 276 g/mol. The number of rotatable bonds is 9. The van der Waals surface area contributed by atoms with Gasteiger partial charge >= 0.3 is 12.1 Å². The maximum atomic E-state index is 11.4. The van der Waals surface area contributed by atoms with E-state index in [0.717, 1.165) is 6.42 Å². The highest BCUT2D eigenvalue weighted by Gasteiger charge is 2.07. The van der Waals surface area contributed by atoms with Crippen LogP contribution in [0.5, 0.6) is 5.75 Å². The number of carbonyl (C=O) groups excluding carboxylic acids is 1. The first kappa shape index (κ1) is 16.7. The second-order valence-electron chi connectivity index (χ2n) is 4.10. The van der Waals surface area contributed by atoms with Crippen LogP contribution >= 0.6 is 0 Å². The molecular formula is C15H18O6. The van der Waals surface area contributed by atoms with Crippen LogP contribution in [-0.2, 0) is 9.47 Å². The number of hydrogen-bond donors (Lipinski definition) is 1. The summed E-state index contributed by atoms with van der Waals surface area (Å²) < 4.78 is 15.0. The Morgan fingerprint density at radius 3 is 2.43 bits per heavy atom. The minimum absolute atomic E-state index is 0.121. The summed E-state index contributed by atoms with van der Waals surface area (Å²) in [4.78, 5) is 22.0. The molecule has 0 unspecified atom stereocenters. The standard InChI is InChI=1S/C15H18O6/c1-2-9-19-10-3-4-11-20-15(18)21-13-7-5-12(6-8-13)14(16)17/h2,5-8H,1,3-4,9-11H2,(H,16,17). The summed E-state index contributed by atoms with van der Waals surface area (Å²) in [6, 6.07) is 5.49. The Morgan fingerprint density at radius 1 is 1.14 bits per heavy atom. The van der Waals surface area contributed by atoms with Crippen LogP contribution in [0.25, 0.3) is 0 Å². The zero-order valence-corrected chi connectivity index (χ0v) is 11.6. The van der Waals surface area contributed by atoms with E-state index in [9.17, 15) is 9.59 Å². The van der Waals surface area contributed by atoms with Gasteiger partial charge in [-0.05, 0) is 37.1 Å². The maximum Gasteiger partial charge on any atom is 0.513 e. The number of carboxylic acid groups (broad SMARTS) is 1. The van der Waals surface area contributed by atoms with E-state index in [1.807, 2.05) is 0 Å². The zero-order chi connectivity index (χ0) is 15.5. The number of aromatic carboxylic acids is 1. The van der Waals surface area contributed by atoms with Gasteiger partial charge in [-0.1, -0.05) is 6.08 Å². The van der Waals surface area contributed by atoms with Gasteiger partial charge in [0.05, 0.1) is 18.8 Å². The van der Waals surface area contributed by atoms with Crippen molar-refractivity contribution >= 4 is 12.1 Å². The lowest BCUT2D eigenvalue weighted by molar-refractivity contribution is 0.0697. The molecule has 114 valence electrons. The topological polar surface area (TPSA) is 82.1 Å². The van der Waals surface area contributed by atoms with Crippen LogP contribution in [0, 0.1) is 0 Å². The second-order valence-corrected chi connectivity index (χ2v) is 4.10. The van der Waals surface area contributed by atoms with Crippen LogP contribution in [0.3, 0.4) is 0 Å². The summed E-state index contributed by atoms with van der Waals surface area (Å²) in [5.41, 5.74) is 0.121. The zero-order valence-electron chi connectivity index (χ0n) is 11.6. The highest BCUT2D eigenvalue weighted by atomic mass is 16.7. The third-order valence-electron chi connectivity index (χ3n) is 2.44. The van der Waals surface area contributed by atoms with Crippen molar-refractivity contribution in [1.82, 2.24) is 0 Å². The number of carbonyl (C=O) groups is 2. The quantitative estimate of drug-likeness (QED) is 0.326. The minimum Gasteiger partial charge on any atom is -0.478 e. The van der Waals surface area contributed by atoms with Crippen molar-refractivity contribution in [3.05, 3.63) is 42.5 Å². The van der Waals surface area contributed by atoms with Gasteiger partial charge in [-0.25, -0.2) is 9.59 Å². The molecule has 0 aliphatic heterocycles. The molecule has 0 saturated carbocycles. The van der Waals surface area contributed by atoms with Gasteiger partial charge in [-0.2, -0.15) is 0 Å². The Kier molecular flexibility index (Phi) is 7.60. The fraction of sp³-hybridized carbons (Fsp3) is 0.333. The SMILES string of the molecule is C=CCOCCCCOC(=O)Oc1ccc(C(=O)O)cc1. The van der Waals surface area contributed by atoms with E-state index < -0.39 is 12.1 Å². The van der Waals surface area contributed by atoms with Crippen LogP contribution in [0.1, 0.15) is 23.2 Å². The Bertz CT molecular complexity index is 466. The largest absolute Gasteiger partial charge is 0.513 e. The lowest BCUT2D eigenvalue weighted by atomic mass is 10.2. The van der Waals surface area contributed by atoms with Crippen molar-refractivity contribution < 1.29 is 28.9 Å². The molecule has 1 aromatic carbocycles. The molecule has 1 rings (SSSR count). The molecule has 0 aliphatic rings. The number of hydrogen-bond acceptors (Lipinski definition) is 5. The van der Waals surface area contributed by atoms with Crippen LogP contribution < -0.4 is 4.74 Å². The van der Waals surface area contributed by atoms with Gasteiger partial charge in [0.2, 0.25) is 0 Å². The van der Waals surface area contributed by atoms with Gasteiger partial charge in [0.1, 0.15) is 5.75 Å². The third-order valence-corrected chi connectivity index (χ3v) is 2.44. The van der Waals surface area contributed by atoms with E-state index >= 15 is 0 Å². The van der Waals surface area contributed by atoms with Crippen molar-refractivity contribution in [2.75, 3.05) is 19.8 Å². The van der Waals surface area contributed by atoms with Gasteiger partial charge in [-0.15, -0.1) is 6.58 Å². The van der Waals surface area contributed by atoms with Gasteiger partial charge in [0.15, 0.2) is 0 Å². The molecule has 1 N–H and O–H groups in total. The van der Waals surface area contributed by atoms with Crippen molar-refractivity contribution in [3.63, 3.8) is 0 Å². The molecule has 21 heavy (non-hydrogen) atoms. The van der Waals surface area contributed by atoms with E-state index in [2.05, 4.69) is 6.58 Å². The molecule has 0 bridgehead atoms. The van der Waals surface area contributed by atoms with E-state index in [-0.39, 0.29) is 17.9 Å². The third kappa shape index (κ3) is 7.12. The number of ether oxygens (including phenoxy) is 3. The summed E-state index contributed by atoms with van der Waals surface area (Å²) in [5.74, 6) is -0.804. The Balaban J connectivity index is 2.18. The van der Waals surface area contributed by atoms with Crippen molar-refractivity contribution in [3.8, 4) is 5.75 Å². The van der Waals surface area contributed by atoms with Gasteiger partial charge < -0.3 is 19.3 Å². The average Bonchev–Trinajstić information content (AvgIpc) is 2.47. The first-order valence-electron chi connectivity index (χ1n) is 6.50. The van der Waals surface area contributed by atoms with Crippen LogP contribution in [0.2, 0.25) is 0 Å². The van der Waals surface area contributed by atoms with Crippen molar-refractivity contribution in [2.24, 2.45) is 0 Å². The summed E-state index contributed by atoms with van der Waals surface area (Å²) in [5, 5.41) is 8.73. The fourth-order valence-corrected chi connectivity index (χ4v) is 1.42. The first-order chi connectivity index (χ1) is 10.1. The molecule has 0 fully saturated rings. The van der Waals surface area contributed by atoms with Crippen LogP contribution in [0.4, 0.5) is 4.79 Å². The van der Waals surface area contributed by atoms with Crippen LogP contribution in [0.15, 0.2) is 36.9 Å². The smallest absolute Gasteiger partial charge is 0.478 e. The summed E-state index contributed by atoms with van der Waals surface area (Å²) in [7, 11) is 0. The molecule has 0 spiro atoms. The molecule has 0 amide bonds. The molecule has 0 atom stereocenters. The van der Waals surface area contributed by atoms with Crippen molar-refractivity contribution in [2.45, 2.75) is 12.8 Å². The molecule has 0 saturated heterocycles. The molecule has 0 aliphatic carbocycles. The summed E-state index contributed by atoms with van der Waals surface area (Å²) in [6.45, 7) is 4.86.